The van der Waals surface area contributed by atoms with E-state index >= 15 is 0 Å². The molecular formula is C13H8N4. The Hall–Kier alpha value is -2.49. The largest absolute Gasteiger partial charge is 0.254 e. The van der Waals surface area contributed by atoms with Crippen LogP contribution in [0.3, 0.4) is 0 Å². The van der Waals surface area contributed by atoms with Crippen LogP contribution in [-0.4, -0.2) is 19.6 Å². The first-order chi connectivity index (χ1) is 8.45. The van der Waals surface area contributed by atoms with Crippen LogP contribution in [0.25, 0.3) is 27.5 Å². The Balaban J connectivity index is 2.48. The molecule has 0 saturated heterocycles. The summed E-state index contributed by atoms with van der Waals surface area (Å²) in [5.41, 5.74) is 3.86. The van der Waals surface area contributed by atoms with Gasteiger partial charge in [-0.15, -0.1) is 0 Å². The van der Waals surface area contributed by atoms with Crippen LogP contribution in [0.15, 0.2) is 48.9 Å². The van der Waals surface area contributed by atoms with Gasteiger partial charge < -0.3 is 0 Å². The van der Waals surface area contributed by atoms with Gasteiger partial charge in [-0.1, -0.05) is 0 Å². The lowest BCUT2D eigenvalue weighted by molar-refractivity contribution is 1.00. The molecule has 0 aliphatic heterocycles. The molecule has 0 amide bonds. The third-order valence-corrected chi connectivity index (χ3v) is 2.97. The second-order valence-corrected chi connectivity index (χ2v) is 3.90. The summed E-state index contributed by atoms with van der Waals surface area (Å²) >= 11 is 0. The number of aromatic nitrogens is 4. The van der Waals surface area contributed by atoms with Gasteiger partial charge in [-0.3, -0.25) is 9.97 Å². The highest BCUT2D eigenvalue weighted by Gasteiger charge is 2.09. The Morgan fingerprint density at radius 2 is 1.59 bits per heavy atom. The molecule has 0 radical (unpaired) electrons. The maximum atomic E-state index is 4.44. The molecule has 0 unspecified atom stereocenters. The standard InChI is InChI=1S/C13H8N4/c1-3-9-10-5-8-16-17(10)11-4-2-7-15-13(11)12(9)14-6-1/h1-8H. The van der Waals surface area contributed by atoms with Gasteiger partial charge in [0.2, 0.25) is 0 Å². The highest BCUT2D eigenvalue weighted by atomic mass is 15.2. The van der Waals surface area contributed by atoms with Crippen LogP contribution in [0, 0.1) is 0 Å². The molecule has 4 nitrogen and oxygen atoms in total. The molecule has 0 bridgehead atoms. The summed E-state index contributed by atoms with van der Waals surface area (Å²) in [7, 11) is 0. The van der Waals surface area contributed by atoms with Crippen molar-refractivity contribution in [2.24, 2.45) is 0 Å². The predicted molar refractivity (Wildman–Crippen MR) is 65.8 cm³/mol. The van der Waals surface area contributed by atoms with E-state index in [-0.39, 0.29) is 0 Å². The molecule has 4 aromatic rings. The van der Waals surface area contributed by atoms with Crippen LogP contribution in [0.2, 0.25) is 0 Å². The van der Waals surface area contributed by atoms with Gasteiger partial charge in [0.25, 0.3) is 0 Å². The van der Waals surface area contributed by atoms with Gasteiger partial charge in [-0.05, 0) is 30.3 Å². The number of hydrogen-bond acceptors (Lipinski definition) is 3. The van der Waals surface area contributed by atoms with Gasteiger partial charge in [0.15, 0.2) is 0 Å². The first-order valence-electron chi connectivity index (χ1n) is 5.40. The van der Waals surface area contributed by atoms with Crippen molar-refractivity contribution in [3.05, 3.63) is 48.9 Å². The second kappa shape index (κ2) is 3.01. The molecule has 0 saturated carbocycles. The molecule has 4 heterocycles. The fraction of sp³-hybridized carbons (Fsp3) is 0. The first-order valence-corrected chi connectivity index (χ1v) is 5.40. The van der Waals surface area contributed by atoms with Crippen LogP contribution >= 0.6 is 0 Å². The fourth-order valence-electron chi connectivity index (χ4n) is 2.25. The van der Waals surface area contributed by atoms with Crippen molar-refractivity contribution in [1.29, 1.82) is 0 Å². The van der Waals surface area contributed by atoms with Crippen LogP contribution in [0.4, 0.5) is 0 Å². The summed E-state index contributed by atoms with van der Waals surface area (Å²) in [6.45, 7) is 0. The first kappa shape index (κ1) is 8.64. The SMILES string of the molecule is c1cnc2c(c1)c1ccnn1c1cccnc21. The minimum absolute atomic E-state index is 0.888. The number of rotatable bonds is 0. The minimum Gasteiger partial charge on any atom is -0.254 e. The molecule has 4 heteroatoms. The van der Waals surface area contributed by atoms with Crippen LogP contribution in [0.5, 0.6) is 0 Å². The van der Waals surface area contributed by atoms with Crippen LogP contribution in [0.1, 0.15) is 0 Å². The van der Waals surface area contributed by atoms with Crippen molar-refractivity contribution in [3.63, 3.8) is 0 Å². The molecule has 0 aromatic carbocycles. The summed E-state index contributed by atoms with van der Waals surface area (Å²) in [6.07, 6.45) is 5.38. The second-order valence-electron chi connectivity index (χ2n) is 3.90. The molecule has 80 valence electrons. The molecule has 0 N–H and O–H groups in total. The molecule has 0 spiro atoms. The Labute approximate surface area is 96.5 Å². The molecule has 4 aromatic heterocycles. The molecule has 0 atom stereocenters. The fourth-order valence-corrected chi connectivity index (χ4v) is 2.25. The third-order valence-electron chi connectivity index (χ3n) is 2.97. The van der Waals surface area contributed by atoms with Gasteiger partial charge in [-0.25, -0.2) is 4.52 Å². The van der Waals surface area contributed by atoms with Gasteiger partial charge in [0, 0.05) is 17.8 Å². The molecule has 0 aliphatic carbocycles. The number of nitrogens with zero attached hydrogens (tertiary/aromatic N) is 4. The number of fused-ring (bicyclic) bond motifs is 6. The lowest BCUT2D eigenvalue weighted by atomic mass is 10.2. The van der Waals surface area contributed by atoms with Crippen molar-refractivity contribution in [3.8, 4) is 0 Å². The Bertz CT molecular complexity index is 778. The normalized spacial score (nSPS) is 11.5. The van der Waals surface area contributed by atoms with Crippen molar-refractivity contribution in [2.45, 2.75) is 0 Å². The zero-order valence-electron chi connectivity index (χ0n) is 8.91. The highest BCUT2D eigenvalue weighted by Crippen LogP contribution is 2.25. The minimum atomic E-state index is 0.888. The van der Waals surface area contributed by atoms with Crippen LogP contribution < -0.4 is 0 Å². The van der Waals surface area contributed by atoms with Crippen molar-refractivity contribution >= 4 is 27.5 Å². The average Bonchev–Trinajstić information content (AvgIpc) is 2.89. The topological polar surface area (TPSA) is 43.1 Å². The summed E-state index contributed by atoms with van der Waals surface area (Å²) in [6, 6.07) is 9.91. The predicted octanol–water partition coefficient (Wildman–Crippen LogP) is 2.43. The quantitative estimate of drug-likeness (QED) is 0.427. The van der Waals surface area contributed by atoms with Gasteiger partial charge in [0.1, 0.15) is 11.0 Å². The zero-order valence-corrected chi connectivity index (χ0v) is 8.91. The third kappa shape index (κ3) is 1.04. The van der Waals surface area contributed by atoms with Crippen molar-refractivity contribution in [1.82, 2.24) is 19.6 Å². The van der Waals surface area contributed by atoms with E-state index in [0.29, 0.717) is 0 Å². The molecule has 4 rings (SSSR count). The van der Waals surface area contributed by atoms with E-state index in [2.05, 4.69) is 15.1 Å². The summed E-state index contributed by atoms with van der Waals surface area (Å²) in [4.78, 5) is 8.85. The maximum Gasteiger partial charge on any atom is 0.115 e. The molecule has 17 heavy (non-hydrogen) atoms. The van der Waals surface area contributed by atoms with Crippen molar-refractivity contribution < 1.29 is 0 Å². The van der Waals surface area contributed by atoms with E-state index in [1.54, 1.807) is 18.6 Å². The van der Waals surface area contributed by atoms with E-state index in [4.69, 9.17) is 0 Å². The van der Waals surface area contributed by atoms with Crippen LogP contribution in [-0.2, 0) is 0 Å². The Morgan fingerprint density at radius 1 is 0.765 bits per heavy atom. The Kier molecular flexibility index (Phi) is 1.53. The van der Waals surface area contributed by atoms with Crippen molar-refractivity contribution in [2.75, 3.05) is 0 Å². The van der Waals surface area contributed by atoms with Gasteiger partial charge in [0.05, 0.1) is 17.2 Å². The molecule has 0 fully saturated rings. The molecular weight excluding hydrogens is 212 g/mol. The smallest absolute Gasteiger partial charge is 0.115 e. The van der Waals surface area contributed by atoms with Gasteiger partial charge in [-0.2, -0.15) is 5.10 Å². The average molecular weight is 220 g/mol. The highest BCUT2D eigenvalue weighted by molar-refractivity contribution is 6.08. The van der Waals surface area contributed by atoms with E-state index < -0.39 is 0 Å². The van der Waals surface area contributed by atoms with E-state index in [9.17, 15) is 0 Å². The lowest BCUT2D eigenvalue weighted by Gasteiger charge is -2.05. The monoisotopic (exact) mass is 220 g/mol. The Morgan fingerprint density at radius 3 is 2.53 bits per heavy atom. The summed E-state index contributed by atoms with van der Waals surface area (Å²) in [5.74, 6) is 0. The van der Waals surface area contributed by atoms with E-state index in [1.807, 2.05) is 34.8 Å². The van der Waals surface area contributed by atoms with Gasteiger partial charge >= 0.3 is 0 Å². The lowest BCUT2D eigenvalue weighted by Crippen LogP contribution is -1.94. The maximum absolute atomic E-state index is 4.44. The summed E-state index contributed by atoms with van der Waals surface area (Å²) < 4.78 is 1.91. The molecule has 0 aliphatic rings. The summed E-state index contributed by atoms with van der Waals surface area (Å²) in [5, 5.41) is 5.43. The van der Waals surface area contributed by atoms with E-state index in [0.717, 1.165) is 27.5 Å². The number of pyridine rings is 3. The van der Waals surface area contributed by atoms with E-state index in [1.165, 1.54) is 0 Å². The number of hydrogen-bond donors (Lipinski definition) is 0. The zero-order chi connectivity index (χ0) is 11.2.